The molecule has 1 saturated carbocycles. The van der Waals surface area contributed by atoms with Gasteiger partial charge in [-0.3, -0.25) is 4.79 Å². The highest BCUT2D eigenvalue weighted by molar-refractivity contribution is 5.41. The molecule has 0 spiro atoms. The molecule has 0 unspecified atom stereocenters. The van der Waals surface area contributed by atoms with E-state index in [-0.39, 0.29) is 5.56 Å². The molecule has 1 aromatic rings. The minimum absolute atomic E-state index is 0.136. The first-order valence-electron chi connectivity index (χ1n) is 5.01. The molecule has 0 radical (unpaired) electrons. The van der Waals surface area contributed by atoms with Gasteiger partial charge in [0.05, 0.1) is 11.9 Å². The maximum absolute atomic E-state index is 11.0. The van der Waals surface area contributed by atoms with Crippen molar-refractivity contribution in [1.82, 2.24) is 10.2 Å². The highest BCUT2D eigenvalue weighted by Gasteiger charge is 2.19. The van der Waals surface area contributed by atoms with Crippen molar-refractivity contribution >= 4 is 5.69 Å². The third-order valence-electron chi connectivity index (χ3n) is 2.85. The van der Waals surface area contributed by atoms with E-state index in [4.69, 9.17) is 0 Å². The van der Waals surface area contributed by atoms with E-state index >= 15 is 0 Å². The molecule has 1 heterocycles. The highest BCUT2D eigenvalue weighted by Crippen LogP contribution is 2.27. The van der Waals surface area contributed by atoms with Crippen molar-refractivity contribution in [3.8, 4) is 0 Å². The molecular formula is C10H15N3O. The summed E-state index contributed by atoms with van der Waals surface area (Å²) in [5.41, 5.74) is 0.767. The molecule has 1 aliphatic rings. The molecule has 4 nitrogen and oxygen atoms in total. The van der Waals surface area contributed by atoms with Gasteiger partial charge in [0, 0.05) is 19.7 Å². The van der Waals surface area contributed by atoms with E-state index in [1.54, 1.807) is 12.3 Å². The van der Waals surface area contributed by atoms with Crippen LogP contribution in [0.5, 0.6) is 0 Å². The van der Waals surface area contributed by atoms with Gasteiger partial charge in [-0.2, -0.15) is 5.10 Å². The van der Waals surface area contributed by atoms with Gasteiger partial charge in [-0.25, -0.2) is 5.10 Å². The SMILES string of the molecule is CN(CC1CCC1)c1cn[nH]c(=O)c1. The molecule has 4 heteroatoms. The molecule has 1 fully saturated rings. The molecule has 0 saturated heterocycles. The number of aromatic nitrogens is 2. The Kier molecular flexibility index (Phi) is 2.52. The van der Waals surface area contributed by atoms with Crippen molar-refractivity contribution in [2.45, 2.75) is 19.3 Å². The lowest BCUT2D eigenvalue weighted by molar-refractivity contribution is 0.321. The zero-order chi connectivity index (χ0) is 9.97. The molecule has 14 heavy (non-hydrogen) atoms. The zero-order valence-electron chi connectivity index (χ0n) is 8.36. The summed E-state index contributed by atoms with van der Waals surface area (Å²) < 4.78 is 0. The zero-order valence-corrected chi connectivity index (χ0v) is 8.36. The fourth-order valence-corrected chi connectivity index (χ4v) is 1.74. The summed E-state index contributed by atoms with van der Waals surface area (Å²) in [6, 6.07) is 1.59. The Morgan fingerprint density at radius 1 is 1.64 bits per heavy atom. The van der Waals surface area contributed by atoms with Gasteiger partial charge in [-0.1, -0.05) is 6.42 Å². The Hall–Kier alpha value is -1.32. The molecule has 0 aliphatic heterocycles. The smallest absolute Gasteiger partial charge is 0.266 e. The van der Waals surface area contributed by atoms with Crippen LogP contribution in [0, 0.1) is 5.92 Å². The molecule has 2 rings (SSSR count). The first-order valence-corrected chi connectivity index (χ1v) is 5.01. The van der Waals surface area contributed by atoms with Gasteiger partial charge in [0.25, 0.3) is 5.56 Å². The Bertz CT molecular complexity index is 356. The molecule has 0 amide bonds. The lowest BCUT2D eigenvalue weighted by atomic mass is 9.85. The summed E-state index contributed by atoms with van der Waals surface area (Å²) >= 11 is 0. The fraction of sp³-hybridized carbons (Fsp3) is 0.600. The summed E-state index contributed by atoms with van der Waals surface area (Å²) in [6.45, 7) is 1.03. The lowest BCUT2D eigenvalue weighted by Gasteiger charge is -2.30. The van der Waals surface area contributed by atoms with Crippen molar-refractivity contribution in [2.75, 3.05) is 18.5 Å². The van der Waals surface area contributed by atoms with E-state index in [9.17, 15) is 4.79 Å². The van der Waals surface area contributed by atoms with E-state index in [0.717, 1.165) is 18.2 Å². The minimum atomic E-state index is -0.136. The average molecular weight is 193 g/mol. The number of anilines is 1. The fourth-order valence-electron chi connectivity index (χ4n) is 1.74. The second-order valence-electron chi connectivity index (χ2n) is 3.98. The first-order chi connectivity index (χ1) is 6.75. The van der Waals surface area contributed by atoms with E-state index in [1.807, 2.05) is 7.05 Å². The van der Waals surface area contributed by atoms with Crippen LogP contribution in [0.15, 0.2) is 17.1 Å². The van der Waals surface area contributed by atoms with Crippen LogP contribution in [0.25, 0.3) is 0 Å². The molecular weight excluding hydrogens is 178 g/mol. The van der Waals surface area contributed by atoms with Gasteiger partial charge >= 0.3 is 0 Å². The number of nitrogens with one attached hydrogen (secondary N) is 1. The van der Waals surface area contributed by atoms with E-state index in [2.05, 4.69) is 15.1 Å². The van der Waals surface area contributed by atoms with Crippen molar-refractivity contribution in [2.24, 2.45) is 5.92 Å². The maximum Gasteiger partial charge on any atom is 0.266 e. The van der Waals surface area contributed by atoms with Gasteiger partial charge in [0.2, 0.25) is 0 Å². The Morgan fingerprint density at radius 2 is 2.43 bits per heavy atom. The number of hydrogen-bond donors (Lipinski definition) is 1. The Labute approximate surface area is 82.9 Å². The predicted octanol–water partition coefficient (Wildman–Crippen LogP) is 1.01. The molecule has 76 valence electrons. The number of H-pyrrole nitrogens is 1. The average Bonchev–Trinajstić information content (AvgIpc) is 2.11. The van der Waals surface area contributed by atoms with Crippen LogP contribution < -0.4 is 10.5 Å². The quantitative estimate of drug-likeness (QED) is 0.779. The van der Waals surface area contributed by atoms with Crippen molar-refractivity contribution in [1.29, 1.82) is 0 Å². The van der Waals surface area contributed by atoms with Crippen LogP contribution in [0.3, 0.4) is 0 Å². The van der Waals surface area contributed by atoms with Crippen LogP contribution in [-0.4, -0.2) is 23.8 Å². The van der Waals surface area contributed by atoms with Crippen LogP contribution >= 0.6 is 0 Å². The van der Waals surface area contributed by atoms with Crippen molar-refractivity contribution in [3.05, 3.63) is 22.6 Å². The van der Waals surface area contributed by atoms with E-state index in [0.29, 0.717) is 0 Å². The first kappa shape index (κ1) is 9.24. The van der Waals surface area contributed by atoms with Crippen LogP contribution in [0.2, 0.25) is 0 Å². The lowest BCUT2D eigenvalue weighted by Crippen LogP contribution is -2.30. The monoisotopic (exact) mass is 193 g/mol. The van der Waals surface area contributed by atoms with Crippen LogP contribution in [0.1, 0.15) is 19.3 Å². The second kappa shape index (κ2) is 3.82. The van der Waals surface area contributed by atoms with Crippen LogP contribution in [-0.2, 0) is 0 Å². The van der Waals surface area contributed by atoms with E-state index < -0.39 is 0 Å². The van der Waals surface area contributed by atoms with Gasteiger partial charge in [-0.05, 0) is 18.8 Å². The largest absolute Gasteiger partial charge is 0.373 e. The molecule has 1 aliphatic carbocycles. The molecule has 1 aromatic heterocycles. The van der Waals surface area contributed by atoms with Gasteiger partial charge < -0.3 is 4.90 Å². The number of nitrogens with zero attached hydrogens (tertiary/aromatic N) is 2. The summed E-state index contributed by atoms with van der Waals surface area (Å²) in [7, 11) is 2.01. The third kappa shape index (κ3) is 1.95. The third-order valence-corrected chi connectivity index (χ3v) is 2.85. The van der Waals surface area contributed by atoms with Gasteiger partial charge in [0.1, 0.15) is 0 Å². The minimum Gasteiger partial charge on any atom is -0.373 e. The summed E-state index contributed by atoms with van der Waals surface area (Å²) in [5, 5.41) is 6.15. The highest BCUT2D eigenvalue weighted by atomic mass is 16.1. The molecule has 1 N–H and O–H groups in total. The van der Waals surface area contributed by atoms with E-state index in [1.165, 1.54) is 19.3 Å². The maximum atomic E-state index is 11.0. The number of aromatic amines is 1. The topological polar surface area (TPSA) is 49.0 Å². The standard InChI is InChI=1S/C10H15N3O/c1-13(7-8-3-2-4-8)9-5-10(14)12-11-6-9/h5-6,8H,2-4,7H2,1H3,(H,12,14). The van der Waals surface area contributed by atoms with Crippen molar-refractivity contribution in [3.63, 3.8) is 0 Å². The molecule has 0 aromatic carbocycles. The summed E-state index contributed by atoms with van der Waals surface area (Å²) in [6.07, 6.45) is 5.69. The van der Waals surface area contributed by atoms with Gasteiger partial charge in [-0.15, -0.1) is 0 Å². The Balaban J connectivity index is 2.02. The van der Waals surface area contributed by atoms with Gasteiger partial charge in [0.15, 0.2) is 0 Å². The summed E-state index contributed by atoms with van der Waals surface area (Å²) in [4.78, 5) is 13.1. The number of hydrogen-bond acceptors (Lipinski definition) is 3. The van der Waals surface area contributed by atoms with Crippen molar-refractivity contribution < 1.29 is 0 Å². The Morgan fingerprint density at radius 3 is 3.00 bits per heavy atom. The molecule has 0 atom stereocenters. The predicted molar refractivity (Wildman–Crippen MR) is 55.5 cm³/mol. The second-order valence-corrected chi connectivity index (χ2v) is 3.98. The summed E-state index contributed by atoms with van der Waals surface area (Å²) in [5.74, 6) is 0.805. The van der Waals surface area contributed by atoms with Crippen LogP contribution in [0.4, 0.5) is 5.69 Å². The normalized spacial score (nSPS) is 16.4. The molecule has 0 bridgehead atoms. The number of rotatable bonds is 3.